The van der Waals surface area contributed by atoms with Gasteiger partial charge in [0.25, 0.3) is 5.91 Å². The van der Waals surface area contributed by atoms with E-state index in [1.54, 1.807) is 20.0 Å². The van der Waals surface area contributed by atoms with E-state index in [1.165, 1.54) is 27.8 Å². The lowest BCUT2D eigenvalue weighted by atomic mass is 10.2. The lowest BCUT2D eigenvalue weighted by Crippen LogP contribution is -2.15. The van der Waals surface area contributed by atoms with Crippen molar-refractivity contribution in [3.8, 4) is 0 Å². The highest BCUT2D eigenvalue weighted by atomic mass is 35.5. The second kappa shape index (κ2) is 6.81. The predicted molar refractivity (Wildman–Crippen MR) is 91.4 cm³/mol. The highest BCUT2D eigenvalue weighted by Gasteiger charge is 2.19. The summed E-state index contributed by atoms with van der Waals surface area (Å²) in [6, 6.07) is 4.42. The normalized spacial score (nSPS) is 10.9. The van der Waals surface area contributed by atoms with Gasteiger partial charge in [-0.1, -0.05) is 29.3 Å². The van der Waals surface area contributed by atoms with Gasteiger partial charge in [-0.25, -0.2) is 14.1 Å². The van der Waals surface area contributed by atoms with Crippen molar-refractivity contribution in [1.82, 2.24) is 24.5 Å². The van der Waals surface area contributed by atoms with E-state index in [0.29, 0.717) is 5.69 Å². The molecule has 0 unspecified atom stereocenters. The van der Waals surface area contributed by atoms with E-state index in [2.05, 4.69) is 20.5 Å². The van der Waals surface area contributed by atoms with Gasteiger partial charge in [-0.3, -0.25) is 14.8 Å². The van der Waals surface area contributed by atoms with Gasteiger partial charge in [0.2, 0.25) is 5.95 Å². The van der Waals surface area contributed by atoms with Crippen molar-refractivity contribution < 1.29 is 9.18 Å². The zero-order valence-electron chi connectivity index (χ0n) is 13.3. The summed E-state index contributed by atoms with van der Waals surface area (Å²) < 4.78 is 16.7. The molecule has 0 aliphatic carbocycles. The van der Waals surface area contributed by atoms with Crippen LogP contribution in [0.15, 0.2) is 24.5 Å². The van der Waals surface area contributed by atoms with Crippen LogP contribution in [0.1, 0.15) is 21.7 Å². The standard InChI is InChI=1S/C15H13Cl2FN6O/c1-8-12(17)13(21-23(8)2)14(25)20-15-19-7-24(22-15)6-9-10(16)4-3-5-11(9)18/h3-5,7H,6H2,1-2H3,(H,20,22,25). The molecule has 3 rings (SSSR count). The number of nitrogens with one attached hydrogen (secondary N) is 1. The Balaban J connectivity index is 1.75. The van der Waals surface area contributed by atoms with Crippen molar-refractivity contribution in [2.75, 3.05) is 5.32 Å². The number of anilines is 1. The van der Waals surface area contributed by atoms with E-state index in [0.717, 1.165) is 0 Å². The van der Waals surface area contributed by atoms with Crippen LogP contribution in [0.5, 0.6) is 0 Å². The average Bonchev–Trinajstić information content (AvgIpc) is 3.11. The summed E-state index contributed by atoms with van der Waals surface area (Å²) in [4.78, 5) is 16.2. The first-order chi connectivity index (χ1) is 11.9. The summed E-state index contributed by atoms with van der Waals surface area (Å²) >= 11 is 12.1. The van der Waals surface area contributed by atoms with Crippen LogP contribution in [-0.4, -0.2) is 30.5 Å². The van der Waals surface area contributed by atoms with Gasteiger partial charge in [-0.05, 0) is 19.1 Å². The molecule has 0 spiro atoms. The minimum atomic E-state index is -0.532. The van der Waals surface area contributed by atoms with Crippen LogP contribution in [0, 0.1) is 12.7 Å². The highest BCUT2D eigenvalue weighted by molar-refractivity contribution is 6.34. The minimum absolute atomic E-state index is 0.0526. The Morgan fingerprint density at radius 3 is 2.72 bits per heavy atom. The summed E-state index contributed by atoms with van der Waals surface area (Å²) in [7, 11) is 1.68. The van der Waals surface area contributed by atoms with Crippen LogP contribution in [0.4, 0.5) is 10.3 Å². The molecule has 0 saturated heterocycles. The topological polar surface area (TPSA) is 77.6 Å². The van der Waals surface area contributed by atoms with Gasteiger partial charge in [0.15, 0.2) is 5.69 Å². The number of aromatic nitrogens is 5. The summed E-state index contributed by atoms with van der Waals surface area (Å²) in [6.45, 7) is 1.83. The third kappa shape index (κ3) is 3.49. The summed E-state index contributed by atoms with van der Waals surface area (Å²) in [5.41, 5.74) is 1.03. The van der Waals surface area contributed by atoms with Gasteiger partial charge in [-0.2, -0.15) is 5.10 Å². The molecular weight excluding hydrogens is 370 g/mol. The fourth-order valence-electron chi connectivity index (χ4n) is 2.16. The second-order valence-electron chi connectivity index (χ2n) is 5.29. The van der Waals surface area contributed by atoms with Gasteiger partial charge < -0.3 is 0 Å². The van der Waals surface area contributed by atoms with Crippen LogP contribution in [-0.2, 0) is 13.6 Å². The molecule has 0 fully saturated rings. The van der Waals surface area contributed by atoms with Crippen LogP contribution in [0.25, 0.3) is 0 Å². The SMILES string of the molecule is Cc1c(Cl)c(C(=O)Nc2ncn(Cc3c(F)cccc3Cl)n2)nn1C. The van der Waals surface area contributed by atoms with Crippen LogP contribution in [0.3, 0.4) is 0 Å². The lowest BCUT2D eigenvalue weighted by Gasteiger charge is -2.05. The number of carbonyl (C=O) groups is 1. The van der Waals surface area contributed by atoms with Gasteiger partial charge >= 0.3 is 0 Å². The van der Waals surface area contributed by atoms with Crippen LogP contribution >= 0.6 is 23.2 Å². The third-order valence-corrected chi connectivity index (χ3v) is 4.43. The number of aryl methyl sites for hydroxylation is 1. The molecule has 10 heteroatoms. The second-order valence-corrected chi connectivity index (χ2v) is 6.08. The quantitative estimate of drug-likeness (QED) is 0.751. The first kappa shape index (κ1) is 17.4. The van der Waals surface area contributed by atoms with E-state index in [1.807, 2.05) is 0 Å². The molecule has 7 nitrogen and oxygen atoms in total. The Hall–Kier alpha value is -2.45. The van der Waals surface area contributed by atoms with Crippen molar-refractivity contribution >= 4 is 35.1 Å². The van der Waals surface area contributed by atoms with Crippen molar-refractivity contribution in [3.63, 3.8) is 0 Å². The fraction of sp³-hybridized carbons (Fsp3) is 0.200. The molecule has 0 saturated carbocycles. The smallest absolute Gasteiger partial charge is 0.280 e. The van der Waals surface area contributed by atoms with Crippen molar-refractivity contribution in [2.45, 2.75) is 13.5 Å². The number of rotatable bonds is 4. The highest BCUT2D eigenvalue weighted by Crippen LogP contribution is 2.21. The number of nitrogens with zero attached hydrogens (tertiary/aromatic N) is 5. The molecule has 3 aromatic rings. The molecule has 130 valence electrons. The lowest BCUT2D eigenvalue weighted by molar-refractivity contribution is 0.102. The molecule has 1 aromatic carbocycles. The molecule has 1 amide bonds. The van der Waals surface area contributed by atoms with Gasteiger partial charge in [0.1, 0.15) is 12.1 Å². The molecule has 0 atom stereocenters. The Morgan fingerprint density at radius 1 is 1.32 bits per heavy atom. The van der Waals surface area contributed by atoms with Gasteiger partial charge in [0, 0.05) is 17.6 Å². The van der Waals surface area contributed by atoms with E-state index in [9.17, 15) is 9.18 Å². The number of benzene rings is 1. The van der Waals surface area contributed by atoms with Crippen molar-refractivity contribution in [2.24, 2.45) is 7.05 Å². The van der Waals surface area contributed by atoms with Crippen LogP contribution < -0.4 is 5.32 Å². The molecular formula is C15H13Cl2FN6O. The molecule has 25 heavy (non-hydrogen) atoms. The van der Waals surface area contributed by atoms with E-state index in [4.69, 9.17) is 23.2 Å². The first-order valence-corrected chi connectivity index (χ1v) is 7.95. The van der Waals surface area contributed by atoms with E-state index >= 15 is 0 Å². The number of hydrogen-bond donors (Lipinski definition) is 1. The monoisotopic (exact) mass is 382 g/mol. The molecule has 0 radical (unpaired) electrons. The Labute approximate surface area is 152 Å². The molecule has 2 aromatic heterocycles. The Kier molecular flexibility index (Phi) is 4.73. The maximum Gasteiger partial charge on any atom is 0.280 e. The summed E-state index contributed by atoms with van der Waals surface area (Å²) in [6.07, 6.45) is 1.36. The first-order valence-electron chi connectivity index (χ1n) is 7.19. The van der Waals surface area contributed by atoms with Crippen LogP contribution in [0.2, 0.25) is 10.0 Å². The van der Waals surface area contributed by atoms with Crippen molar-refractivity contribution in [1.29, 1.82) is 0 Å². The molecule has 1 N–H and O–H groups in total. The summed E-state index contributed by atoms with van der Waals surface area (Å²) in [5, 5.41) is 11.2. The van der Waals surface area contributed by atoms with Gasteiger partial charge in [-0.15, -0.1) is 5.10 Å². The molecule has 0 bridgehead atoms. The largest absolute Gasteiger partial charge is 0.288 e. The minimum Gasteiger partial charge on any atom is -0.288 e. The Morgan fingerprint density at radius 2 is 2.08 bits per heavy atom. The van der Waals surface area contributed by atoms with E-state index < -0.39 is 11.7 Å². The maximum absolute atomic E-state index is 13.8. The zero-order chi connectivity index (χ0) is 18.1. The van der Waals surface area contributed by atoms with Crippen molar-refractivity contribution in [3.05, 3.63) is 57.3 Å². The summed E-state index contributed by atoms with van der Waals surface area (Å²) in [5.74, 6) is -0.920. The maximum atomic E-state index is 13.8. The predicted octanol–water partition coefficient (Wildman–Crippen LogP) is 3.07. The number of amides is 1. The fourth-order valence-corrected chi connectivity index (χ4v) is 2.63. The molecule has 0 aliphatic rings. The van der Waals surface area contributed by atoms with E-state index in [-0.39, 0.29) is 33.8 Å². The third-order valence-electron chi connectivity index (χ3n) is 3.62. The number of hydrogen-bond acceptors (Lipinski definition) is 4. The number of carbonyl (C=O) groups excluding carboxylic acids is 1. The molecule has 0 aliphatic heterocycles. The number of halogens is 3. The zero-order valence-corrected chi connectivity index (χ0v) is 14.8. The Bertz CT molecular complexity index is 931. The van der Waals surface area contributed by atoms with Gasteiger partial charge in [0.05, 0.1) is 17.3 Å². The average molecular weight is 383 g/mol. The molecule has 2 heterocycles.